The molecule has 0 spiro atoms. The lowest BCUT2D eigenvalue weighted by Gasteiger charge is -2.18. The van der Waals surface area contributed by atoms with Crippen LogP contribution in [0.25, 0.3) is 10.9 Å². The Morgan fingerprint density at radius 3 is 2.37 bits per heavy atom. The van der Waals surface area contributed by atoms with E-state index in [2.05, 4.69) is 9.97 Å². The third-order valence-electron chi connectivity index (χ3n) is 4.78. The maximum Gasteiger partial charge on any atom is 0.258 e. The minimum atomic E-state index is -3.65. The fraction of sp³-hybridized carbons (Fsp3) is 0.238. The van der Waals surface area contributed by atoms with Gasteiger partial charge >= 0.3 is 0 Å². The van der Waals surface area contributed by atoms with Crippen molar-refractivity contribution in [1.82, 2.24) is 14.3 Å². The number of aromatic nitrogens is 2. The average molecular weight is 424 g/mol. The highest BCUT2D eigenvalue weighted by Gasteiger charge is 2.26. The van der Waals surface area contributed by atoms with Crippen molar-refractivity contribution in [2.45, 2.75) is 24.7 Å². The minimum absolute atomic E-state index is 0.0500. The van der Waals surface area contributed by atoms with Gasteiger partial charge in [-0.05, 0) is 24.3 Å². The van der Waals surface area contributed by atoms with Gasteiger partial charge in [0, 0.05) is 18.7 Å². The molecule has 0 aliphatic rings. The van der Waals surface area contributed by atoms with Gasteiger partial charge in [-0.2, -0.15) is 9.57 Å². The van der Waals surface area contributed by atoms with Crippen molar-refractivity contribution in [2.24, 2.45) is 0 Å². The van der Waals surface area contributed by atoms with E-state index in [1.807, 2.05) is 6.07 Å². The van der Waals surface area contributed by atoms with Crippen molar-refractivity contribution < 1.29 is 13.2 Å². The summed E-state index contributed by atoms with van der Waals surface area (Å²) >= 11 is 0. The predicted octanol–water partition coefficient (Wildman–Crippen LogP) is 2.44. The predicted molar refractivity (Wildman–Crippen MR) is 112 cm³/mol. The highest BCUT2D eigenvalue weighted by molar-refractivity contribution is 7.89. The molecule has 3 aromatic rings. The zero-order valence-corrected chi connectivity index (χ0v) is 17.3. The molecule has 0 saturated heterocycles. The number of Topliss-reactive ketones (excluding diaryl/α,β-unsaturated/α-hetero) is 1. The van der Waals surface area contributed by atoms with Crippen molar-refractivity contribution in [3.05, 3.63) is 70.3 Å². The van der Waals surface area contributed by atoms with E-state index in [9.17, 15) is 23.3 Å². The number of hydrogen-bond donors (Lipinski definition) is 1. The number of hydrogen-bond acceptors (Lipinski definition) is 6. The smallest absolute Gasteiger partial charge is 0.258 e. The van der Waals surface area contributed by atoms with Crippen LogP contribution in [0.3, 0.4) is 0 Å². The number of sulfonamides is 1. The summed E-state index contributed by atoms with van der Waals surface area (Å²) in [4.78, 5) is 32.0. The van der Waals surface area contributed by atoms with Gasteiger partial charge in [-0.25, -0.2) is 13.4 Å². The highest BCUT2D eigenvalue weighted by atomic mass is 32.2. The van der Waals surface area contributed by atoms with E-state index in [4.69, 9.17) is 0 Å². The lowest BCUT2D eigenvalue weighted by atomic mass is 9.98. The number of rotatable bonds is 7. The van der Waals surface area contributed by atoms with Crippen LogP contribution in [0.15, 0.2) is 58.2 Å². The van der Waals surface area contributed by atoms with Crippen LogP contribution >= 0.6 is 0 Å². The Labute approximate surface area is 173 Å². The molecule has 154 valence electrons. The van der Waals surface area contributed by atoms with Crippen LogP contribution in [0.2, 0.25) is 0 Å². The number of nitriles is 1. The Hall–Kier alpha value is -3.35. The van der Waals surface area contributed by atoms with Gasteiger partial charge in [0.25, 0.3) is 5.56 Å². The lowest BCUT2D eigenvalue weighted by Crippen LogP contribution is -2.30. The molecule has 9 heteroatoms. The number of nitrogens with one attached hydrogen (secondary N) is 1. The fourth-order valence-corrected chi connectivity index (χ4v) is 4.61. The molecule has 0 unspecified atom stereocenters. The molecule has 0 radical (unpaired) electrons. The third-order valence-corrected chi connectivity index (χ3v) is 6.84. The van der Waals surface area contributed by atoms with Crippen LogP contribution in [0.1, 0.15) is 35.9 Å². The molecule has 2 aromatic carbocycles. The normalized spacial score (nSPS) is 12.6. The number of nitrogens with zero attached hydrogens (tertiary/aromatic N) is 3. The molecule has 0 saturated carbocycles. The maximum absolute atomic E-state index is 12.9. The second-order valence-electron chi connectivity index (χ2n) is 6.51. The number of benzene rings is 2. The molecular weight excluding hydrogens is 404 g/mol. The van der Waals surface area contributed by atoms with Gasteiger partial charge in [-0.3, -0.25) is 9.59 Å². The van der Waals surface area contributed by atoms with Gasteiger partial charge in [0.2, 0.25) is 10.0 Å². The first-order valence-corrected chi connectivity index (χ1v) is 10.8. The SMILES string of the molecule is CCN(CC)S(=O)(=O)c1ccc(C(=O)[C@@H](C#N)c2nc3ccccc3c(=O)[nH]2)cc1. The zero-order chi connectivity index (χ0) is 21.9. The number of carbonyl (C=O) groups is 1. The van der Waals surface area contributed by atoms with Crippen LogP contribution < -0.4 is 5.56 Å². The first kappa shape index (κ1) is 21.4. The first-order chi connectivity index (χ1) is 14.3. The number of para-hydroxylation sites is 1. The Morgan fingerprint density at radius 2 is 1.77 bits per heavy atom. The molecule has 0 bridgehead atoms. The van der Waals surface area contributed by atoms with Gasteiger partial charge in [0.05, 0.1) is 21.9 Å². The molecule has 30 heavy (non-hydrogen) atoms. The zero-order valence-electron chi connectivity index (χ0n) is 16.5. The van der Waals surface area contributed by atoms with E-state index in [0.29, 0.717) is 24.0 Å². The van der Waals surface area contributed by atoms with E-state index >= 15 is 0 Å². The second kappa shape index (κ2) is 8.57. The maximum atomic E-state index is 12.9. The van der Waals surface area contributed by atoms with Crippen molar-refractivity contribution in [2.75, 3.05) is 13.1 Å². The van der Waals surface area contributed by atoms with Crippen LogP contribution in [0.5, 0.6) is 0 Å². The van der Waals surface area contributed by atoms with Crippen LogP contribution in [0.4, 0.5) is 0 Å². The molecule has 0 aliphatic heterocycles. The summed E-state index contributed by atoms with van der Waals surface area (Å²) in [5.74, 6) is -1.96. The molecular formula is C21H20N4O4S. The van der Waals surface area contributed by atoms with Gasteiger partial charge in [0.1, 0.15) is 5.82 Å². The number of aromatic amines is 1. The second-order valence-corrected chi connectivity index (χ2v) is 8.45. The third kappa shape index (κ3) is 3.87. The van der Waals surface area contributed by atoms with Crippen molar-refractivity contribution in [3.63, 3.8) is 0 Å². The van der Waals surface area contributed by atoms with Gasteiger partial charge in [-0.15, -0.1) is 0 Å². The van der Waals surface area contributed by atoms with Crippen LogP contribution in [0, 0.1) is 11.3 Å². The largest absolute Gasteiger partial charge is 0.308 e. The van der Waals surface area contributed by atoms with E-state index in [1.54, 1.807) is 38.1 Å². The van der Waals surface area contributed by atoms with Crippen molar-refractivity contribution >= 4 is 26.7 Å². The first-order valence-electron chi connectivity index (χ1n) is 9.36. The minimum Gasteiger partial charge on any atom is -0.308 e. The molecule has 0 aliphatic carbocycles. The summed E-state index contributed by atoms with van der Waals surface area (Å²) in [5.41, 5.74) is 0.0881. The van der Waals surface area contributed by atoms with E-state index in [1.165, 1.54) is 28.6 Å². The Balaban J connectivity index is 1.96. The molecule has 1 N–H and O–H groups in total. The standard InChI is InChI=1S/C21H20N4O4S/c1-3-25(4-2)30(28,29)15-11-9-14(10-12-15)19(26)17(13-22)20-23-18-8-6-5-7-16(18)21(27)24-20/h5-12,17H,3-4H2,1-2H3,(H,23,24,27)/t17-/m1/s1. The quantitative estimate of drug-likeness (QED) is 0.581. The van der Waals surface area contributed by atoms with Crippen molar-refractivity contribution in [3.8, 4) is 6.07 Å². The van der Waals surface area contributed by atoms with E-state index in [0.717, 1.165) is 0 Å². The van der Waals surface area contributed by atoms with E-state index < -0.39 is 27.3 Å². The molecule has 1 heterocycles. The Kier molecular flexibility index (Phi) is 6.10. The summed E-state index contributed by atoms with van der Waals surface area (Å²) in [6.45, 7) is 4.15. The number of carbonyl (C=O) groups excluding carboxylic acids is 1. The summed E-state index contributed by atoms with van der Waals surface area (Å²) in [5, 5.41) is 9.92. The highest BCUT2D eigenvalue weighted by Crippen LogP contribution is 2.21. The number of H-pyrrole nitrogens is 1. The Bertz CT molecular complexity index is 1290. The Morgan fingerprint density at radius 1 is 1.13 bits per heavy atom. The summed E-state index contributed by atoms with van der Waals surface area (Å²) in [6.07, 6.45) is 0. The molecule has 0 fully saturated rings. The summed E-state index contributed by atoms with van der Waals surface area (Å²) < 4.78 is 26.5. The van der Waals surface area contributed by atoms with Gasteiger partial charge < -0.3 is 4.98 Å². The van der Waals surface area contributed by atoms with E-state index in [-0.39, 0.29) is 16.3 Å². The molecule has 0 amide bonds. The van der Waals surface area contributed by atoms with Crippen LogP contribution in [-0.2, 0) is 10.0 Å². The molecule has 3 rings (SSSR count). The summed E-state index contributed by atoms with van der Waals surface area (Å²) in [6, 6.07) is 13.9. The molecule has 1 aromatic heterocycles. The van der Waals surface area contributed by atoms with Gasteiger partial charge in [-0.1, -0.05) is 38.1 Å². The lowest BCUT2D eigenvalue weighted by molar-refractivity contribution is 0.0976. The number of fused-ring (bicyclic) bond motifs is 1. The fourth-order valence-electron chi connectivity index (χ4n) is 3.16. The monoisotopic (exact) mass is 424 g/mol. The number of ketones is 1. The molecule has 8 nitrogen and oxygen atoms in total. The molecule has 1 atom stereocenters. The van der Waals surface area contributed by atoms with Gasteiger partial charge in [0.15, 0.2) is 11.7 Å². The van der Waals surface area contributed by atoms with Crippen molar-refractivity contribution in [1.29, 1.82) is 5.26 Å². The van der Waals surface area contributed by atoms with Crippen LogP contribution in [-0.4, -0.2) is 41.6 Å². The average Bonchev–Trinajstić information content (AvgIpc) is 2.75. The summed E-state index contributed by atoms with van der Waals surface area (Å²) in [7, 11) is -3.65. The topological polar surface area (TPSA) is 124 Å².